The van der Waals surface area contributed by atoms with Gasteiger partial charge in [-0.05, 0) is 49.1 Å². The van der Waals surface area contributed by atoms with Crippen molar-refractivity contribution in [2.24, 2.45) is 0 Å². The van der Waals surface area contributed by atoms with Crippen LogP contribution in [-0.2, 0) is 23.2 Å². The van der Waals surface area contributed by atoms with E-state index < -0.39 is 5.41 Å². The third-order valence-electron chi connectivity index (χ3n) is 5.28. The van der Waals surface area contributed by atoms with Gasteiger partial charge in [-0.2, -0.15) is 0 Å². The van der Waals surface area contributed by atoms with Gasteiger partial charge in [-0.1, -0.05) is 12.1 Å². The van der Waals surface area contributed by atoms with Crippen molar-refractivity contribution in [1.82, 2.24) is 20.3 Å². The first kappa shape index (κ1) is 18.9. The van der Waals surface area contributed by atoms with Crippen molar-refractivity contribution >= 4 is 17.5 Å². The summed E-state index contributed by atoms with van der Waals surface area (Å²) in [5, 5.41) is 6.23. The molecule has 2 aromatic heterocycles. The van der Waals surface area contributed by atoms with Crippen molar-refractivity contribution in [2.75, 3.05) is 12.4 Å². The zero-order valence-electron chi connectivity index (χ0n) is 16.5. The van der Waals surface area contributed by atoms with Crippen LogP contribution in [0.4, 0.5) is 11.6 Å². The maximum atomic E-state index is 13.0. The Hall–Kier alpha value is -3.48. The number of aromatic nitrogens is 3. The highest BCUT2D eigenvalue weighted by Gasteiger charge is 2.42. The van der Waals surface area contributed by atoms with Crippen molar-refractivity contribution in [2.45, 2.75) is 31.7 Å². The lowest BCUT2D eigenvalue weighted by molar-refractivity contribution is -0.126. The molecule has 0 saturated carbocycles. The molecular weight excluding hydrogens is 366 g/mol. The SMILES string of the molecule is COc1cccc(Nc2ncc3c(n2)C(C)(C(=O)NCc2cccnc2)CC3)c1. The summed E-state index contributed by atoms with van der Waals surface area (Å²) < 4.78 is 5.26. The van der Waals surface area contributed by atoms with Crippen LogP contribution in [0.25, 0.3) is 0 Å². The van der Waals surface area contributed by atoms with E-state index in [0.717, 1.165) is 34.7 Å². The number of aryl methyl sites for hydroxylation is 1. The van der Waals surface area contributed by atoms with E-state index in [1.807, 2.05) is 49.5 Å². The number of nitrogens with one attached hydrogen (secondary N) is 2. The van der Waals surface area contributed by atoms with Gasteiger partial charge in [0.2, 0.25) is 11.9 Å². The lowest BCUT2D eigenvalue weighted by Gasteiger charge is -2.23. The summed E-state index contributed by atoms with van der Waals surface area (Å²) in [6.45, 7) is 2.39. The number of amides is 1. The summed E-state index contributed by atoms with van der Waals surface area (Å²) >= 11 is 0. The zero-order valence-corrected chi connectivity index (χ0v) is 16.5. The second-order valence-corrected chi connectivity index (χ2v) is 7.30. The van der Waals surface area contributed by atoms with Gasteiger partial charge in [0.15, 0.2) is 0 Å². The minimum atomic E-state index is -0.689. The summed E-state index contributed by atoms with van der Waals surface area (Å²) in [5.41, 5.74) is 2.89. The summed E-state index contributed by atoms with van der Waals surface area (Å²) in [6, 6.07) is 11.4. The van der Waals surface area contributed by atoms with Gasteiger partial charge in [0, 0.05) is 36.9 Å². The lowest BCUT2D eigenvalue weighted by Crippen LogP contribution is -2.41. The standard InChI is InChI=1S/C22H23N5O2/c1-22(20(28)24-13-15-5-4-10-23-12-15)9-8-16-14-25-21(27-19(16)22)26-17-6-3-7-18(11-17)29-2/h3-7,10-12,14H,8-9,13H2,1-2H3,(H,24,28)(H,25,26,27). The quantitative estimate of drug-likeness (QED) is 0.673. The number of nitrogens with zero attached hydrogens (tertiary/aromatic N) is 3. The monoisotopic (exact) mass is 389 g/mol. The average Bonchev–Trinajstić information content (AvgIpc) is 3.10. The smallest absolute Gasteiger partial charge is 0.232 e. The van der Waals surface area contributed by atoms with Crippen molar-refractivity contribution in [3.8, 4) is 5.75 Å². The molecule has 7 heteroatoms. The molecule has 0 spiro atoms. The Kier molecular flexibility index (Phi) is 5.12. The molecule has 0 radical (unpaired) electrons. The van der Waals surface area contributed by atoms with E-state index in [1.54, 1.807) is 19.5 Å². The summed E-state index contributed by atoms with van der Waals surface area (Å²) in [6.07, 6.45) is 6.77. The molecular formula is C22H23N5O2. The van der Waals surface area contributed by atoms with E-state index in [2.05, 4.69) is 20.6 Å². The maximum absolute atomic E-state index is 13.0. The third-order valence-corrected chi connectivity index (χ3v) is 5.28. The fourth-order valence-electron chi connectivity index (χ4n) is 3.56. The molecule has 7 nitrogen and oxygen atoms in total. The Balaban J connectivity index is 1.53. The molecule has 1 amide bonds. The summed E-state index contributed by atoms with van der Waals surface area (Å²) in [7, 11) is 1.63. The number of hydrogen-bond donors (Lipinski definition) is 2. The topological polar surface area (TPSA) is 89.0 Å². The molecule has 1 aliphatic rings. The molecule has 1 atom stereocenters. The average molecular weight is 389 g/mol. The van der Waals surface area contributed by atoms with Crippen molar-refractivity contribution in [3.63, 3.8) is 0 Å². The first-order chi connectivity index (χ1) is 14.1. The van der Waals surface area contributed by atoms with Crippen LogP contribution >= 0.6 is 0 Å². The first-order valence-electron chi connectivity index (χ1n) is 9.53. The van der Waals surface area contributed by atoms with Crippen LogP contribution in [0.3, 0.4) is 0 Å². The fraction of sp³-hybridized carbons (Fsp3) is 0.273. The Morgan fingerprint density at radius 1 is 1.24 bits per heavy atom. The number of methoxy groups -OCH3 is 1. The fourth-order valence-corrected chi connectivity index (χ4v) is 3.56. The van der Waals surface area contributed by atoms with Gasteiger partial charge in [-0.15, -0.1) is 0 Å². The molecule has 4 rings (SSSR count). The number of anilines is 2. The molecule has 0 saturated heterocycles. The molecule has 0 fully saturated rings. The van der Waals surface area contributed by atoms with Crippen LogP contribution in [-0.4, -0.2) is 28.0 Å². The van der Waals surface area contributed by atoms with Gasteiger partial charge in [-0.25, -0.2) is 9.97 Å². The van der Waals surface area contributed by atoms with Crippen LogP contribution in [0.15, 0.2) is 55.0 Å². The van der Waals surface area contributed by atoms with Crippen LogP contribution < -0.4 is 15.4 Å². The largest absolute Gasteiger partial charge is 0.497 e. The van der Waals surface area contributed by atoms with Crippen LogP contribution in [0.2, 0.25) is 0 Å². The van der Waals surface area contributed by atoms with Crippen molar-refractivity contribution < 1.29 is 9.53 Å². The van der Waals surface area contributed by atoms with Crippen molar-refractivity contribution in [3.05, 3.63) is 71.8 Å². The second kappa shape index (κ2) is 7.87. The highest BCUT2D eigenvalue weighted by atomic mass is 16.5. The Morgan fingerprint density at radius 3 is 2.93 bits per heavy atom. The van der Waals surface area contributed by atoms with Crippen LogP contribution in [0, 0.1) is 0 Å². The minimum Gasteiger partial charge on any atom is -0.497 e. The molecule has 2 heterocycles. The number of hydrogen-bond acceptors (Lipinski definition) is 6. The zero-order chi connectivity index (χ0) is 20.3. The van der Waals surface area contributed by atoms with E-state index in [1.165, 1.54) is 0 Å². The van der Waals surface area contributed by atoms with Crippen LogP contribution in [0.5, 0.6) is 5.75 Å². The van der Waals surface area contributed by atoms with E-state index in [9.17, 15) is 4.79 Å². The van der Waals surface area contributed by atoms with Crippen molar-refractivity contribution in [1.29, 1.82) is 0 Å². The Morgan fingerprint density at radius 2 is 2.14 bits per heavy atom. The molecule has 2 N–H and O–H groups in total. The Bertz CT molecular complexity index is 1020. The predicted molar refractivity (Wildman–Crippen MR) is 110 cm³/mol. The highest BCUT2D eigenvalue weighted by molar-refractivity contribution is 5.88. The van der Waals surface area contributed by atoms with E-state index in [-0.39, 0.29) is 5.91 Å². The molecule has 0 aliphatic heterocycles. The van der Waals surface area contributed by atoms with Gasteiger partial charge in [0.25, 0.3) is 0 Å². The number of pyridine rings is 1. The summed E-state index contributed by atoms with van der Waals surface area (Å²) in [5.74, 6) is 1.17. The molecule has 1 unspecified atom stereocenters. The van der Waals surface area contributed by atoms with Crippen LogP contribution in [0.1, 0.15) is 30.2 Å². The van der Waals surface area contributed by atoms with Gasteiger partial charge in [0.1, 0.15) is 5.75 Å². The number of carbonyl (C=O) groups is 1. The molecule has 3 aromatic rings. The number of fused-ring (bicyclic) bond motifs is 1. The number of carbonyl (C=O) groups excluding carboxylic acids is 1. The van der Waals surface area contributed by atoms with Gasteiger partial charge >= 0.3 is 0 Å². The Labute approximate surface area is 169 Å². The summed E-state index contributed by atoms with van der Waals surface area (Å²) in [4.78, 5) is 26.2. The molecule has 0 bridgehead atoms. The van der Waals surface area contributed by atoms with Gasteiger partial charge in [-0.3, -0.25) is 9.78 Å². The van der Waals surface area contributed by atoms with E-state index >= 15 is 0 Å². The van der Waals surface area contributed by atoms with E-state index in [4.69, 9.17) is 9.72 Å². The molecule has 1 aliphatic carbocycles. The van der Waals surface area contributed by atoms with E-state index in [0.29, 0.717) is 18.9 Å². The van der Waals surface area contributed by atoms with Gasteiger partial charge < -0.3 is 15.4 Å². The highest BCUT2D eigenvalue weighted by Crippen LogP contribution is 2.38. The normalized spacial score (nSPS) is 17.4. The molecule has 1 aromatic carbocycles. The molecule has 148 valence electrons. The number of benzene rings is 1. The third kappa shape index (κ3) is 3.89. The second-order valence-electron chi connectivity index (χ2n) is 7.30. The first-order valence-corrected chi connectivity index (χ1v) is 9.53. The number of ether oxygens (including phenoxy) is 1. The predicted octanol–water partition coefficient (Wildman–Crippen LogP) is 3.14. The maximum Gasteiger partial charge on any atom is 0.232 e. The number of rotatable bonds is 6. The van der Waals surface area contributed by atoms with Gasteiger partial charge in [0.05, 0.1) is 18.2 Å². The minimum absolute atomic E-state index is 0.0360. The molecule has 29 heavy (non-hydrogen) atoms. The lowest BCUT2D eigenvalue weighted by atomic mass is 9.86.